The minimum atomic E-state index is -3.32. The molecule has 1 aromatic carbocycles. The van der Waals surface area contributed by atoms with Gasteiger partial charge in [-0.3, -0.25) is 4.79 Å². The lowest BCUT2D eigenvalue weighted by molar-refractivity contribution is -0.136. The molecule has 2 saturated carbocycles. The zero-order chi connectivity index (χ0) is 20.7. The van der Waals surface area contributed by atoms with E-state index in [2.05, 4.69) is 10.8 Å². The molecule has 2 atom stereocenters. The van der Waals surface area contributed by atoms with E-state index in [1.54, 1.807) is 4.90 Å². The first-order valence-corrected chi connectivity index (χ1v) is 12.7. The minimum absolute atomic E-state index is 0.0360. The Hall–Kier alpha value is -1.64. The summed E-state index contributed by atoms with van der Waals surface area (Å²) in [5.74, 6) is 1.10. The van der Waals surface area contributed by atoms with Crippen molar-refractivity contribution in [2.75, 3.05) is 19.8 Å². The molecule has 6 rings (SSSR count). The number of ether oxygens (including phenoxy) is 2. The number of benzene rings is 1. The number of nitrogens with zero attached hydrogens (tertiary/aromatic N) is 1. The molecule has 7 nitrogen and oxygen atoms in total. The lowest BCUT2D eigenvalue weighted by Crippen LogP contribution is -2.51. The second-order valence-corrected chi connectivity index (χ2v) is 11.0. The molecular weight excluding hydrogens is 404 g/mol. The van der Waals surface area contributed by atoms with Crippen LogP contribution in [-0.2, 0) is 19.6 Å². The number of rotatable bonds is 3. The monoisotopic (exact) mass is 434 g/mol. The number of hydrogen-bond acceptors (Lipinski definition) is 5. The molecular formula is C22H30N2O5S. The van der Waals surface area contributed by atoms with E-state index in [9.17, 15) is 13.2 Å². The van der Waals surface area contributed by atoms with E-state index in [4.69, 9.17) is 9.47 Å². The largest absolute Gasteiger partial charge is 0.483 e. The molecule has 5 aliphatic rings. The molecule has 2 aliphatic carbocycles. The Balaban J connectivity index is 1.38. The van der Waals surface area contributed by atoms with Crippen LogP contribution in [0.25, 0.3) is 0 Å². The third kappa shape index (κ3) is 4.09. The maximum atomic E-state index is 13.0. The van der Waals surface area contributed by atoms with Gasteiger partial charge in [-0.05, 0) is 62.5 Å². The van der Waals surface area contributed by atoms with Crippen LogP contribution < -0.4 is 9.46 Å². The van der Waals surface area contributed by atoms with Crippen LogP contribution in [0.15, 0.2) is 24.3 Å². The molecule has 0 spiro atoms. The lowest BCUT2D eigenvalue weighted by Gasteiger charge is -2.32. The number of sulfonamides is 1. The Morgan fingerprint density at radius 3 is 2.53 bits per heavy atom. The number of carbonyl (C=O) groups excluding carboxylic acids is 1. The predicted molar refractivity (Wildman–Crippen MR) is 112 cm³/mol. The molecule has 2 bridgehead atoms. The standard InChI is InChI=1S/C22H30N2O5S/c25-22-14-29-21-4-2-1-3-18(21)15-5-7-16(8-6-15)28-13-20-19(11-12-24(20)22)23-30(26,27)17-9-10-17/h1-4,15-17,19-20,23H,5-14H2/t15?,16?,19-,20-/m0/s1. The van der Waals surface area contributed by atoms with Gasteiger partial charge in [0.05, 0.1) is 24.0 Å². The molecule has 0 unspecified atom stereocenters. The van der Waals surface area contributed by atoms with Gasteiger partial charge in [0.1, 0.15) is 5.75 Å². The first kappa shape index (κ1) is 20.3. The van der Waals surface area contributed by atoms with E-state index < -0.39 is 10.0 Å². The molecule has 1 N–H and O–H groups in total. The van der Waals surface area contributed by atoms with Crippen molar-refractivity contribution in [1.29, 1.82) is 0 Å². The fourth-order valence-electron chi connectivity index (χ4n) is 5.14. The van der Waals surface area contributed by atoms with E-state index in [1.807, 2.05) is 18.2 Å². The van der Waals surface area contributed by atoms with Crippen molar-refractivity contribution in [3.8, 4) is 5.75 Å². The predicted octanol–water partition coefficient (Wildman–Crippen LogP) is 2.17. The summed E-state index contributed by atoms with van der Waals surface area (Å²) in [6.07, 6.45) is 6.22. The first-order valence-electron chi connectivity index (χ1n) is 11.2. The highest BCUT2D eigenvalue weighted by molar-refractivity contribution is 7.90. The third-order valence-corrected chi connectivity index (χ3v) is 9.01. The van der Waals surface area contributed by atoms with Crippen molar-refractivity contribution in [3.63, 3.8) is 0 Å². The lowest BCUT2D eigenvalue weighted by atomic mass is 9.82. The van der Waals surface area contributed by atoms with Crippen LogP contribution in [-0.4, -0.2) is 62.4 Å². The highest BCUT2D eigenvalue weighted by Crippen LogP contribution is 2.39. The fourth-order valence-corrected chi connectivity index (χ4v) is 6.79. The van der Waals surface area contributed by atoms with Crippen molar-refractivity contribution in [2.45, 2.75) is 74.3 Å². The Morgan fingerprint density at radius 1 is 1.00 bits per heavy atom. The molecule has 3 fully saturated rings. The number of para-hydroxylation sites is 1. The summed E-state index contributed by atoms with van der Waals surface area (Å²) in [5, 5.41) is -0.270. The summed E-state index contributed by atoms with van der Waals surface area (Å²) in [5.41, 5.74) is 1.18. The molecule has 3 aliphatic heterocycles. The van der Waals surface area contributed by atoms with Crippen LogP contribution in [0.4, 0.5) is 0 Å². The molecule has 3 heterocycles. The second kappa shape index (κ2) is 8.13. The van der Waals surface area contributed by atoms with Gasteiger partial charge >= 0.3 is 0 Å². The Kier molecular flexibility index (Phi) is 5.49. The Labute approximate surface area is 178 Å². The highest BCUT2D eigenvalue weighted by Gasteiger charge is 2.43. The van der Waals surface area contributed by atoms with Crippen LogP contribution in [0.1, 0.15) is 56.4 Å². The van der Waals surface area contributed by atoms with Gasteiger partial charge in [0.15, 0.2) is 6.61 Å². The Bertz CT molecular complexity index is 893. The first-order chi connectivity index (χ1) is 14.5. The van der Waals surface area contributed by atoms with Crippen molar-refractivity contribution < 1.29 is 22.7 Å². The van der Waals surface area contributed by atoms with Crippen molar-refractivity contribution in [2.24, 2.45) is 0 Å². The summed E-state index contributed by atoms with van der Waals surface area (Å²) < 4.78 is 40.1. The van der Waals surface area contributed by atoms with Crippen molar-refractivity contribution in [3.05, 3.63) is 29.8 Å². The number of nitrogens with one attached hydrogen (secondary N) is 1. The van der Waals surface area contributed by atoms with Crippen LogP contribution in [0, 0.1) is 0 Å². The average Bonchev–Trinajstić information content (AvgIpc) is 3.54. The molecule has 8 heteroatoms. The van der Waals surface area contributed by atoms with E-state index >= 15 is 0 Å². The van der Waals surface area contributed by atoms with Crippen LogP contribution in [0.3, 0.4) is 0 Å². The fraction of sp³-hybridized carbons (Fsp3) is 0.682. The third-order valence-electron chi connectivity index (χ3n) is 7.03. The maximum Gasteiger partial charge on any atom is 0.260 e. The van der Waals surface area contributed by atoms with Gasteiger partial charge in [0.25, 0.3) is 5.91 Å². The quantitative estimate of drug-likeness (QED) is 0.788. The number of hydrogen-bond donors (Lipinski definition) is 1. The summed E-state index contributed by atoms with van der Waals surface area (Å²) in [6, 6.07) is 7.43. The van der Waals surface area contributed by atoms with Gasteiger partial charge in [-0.2, -0.15) is 0 Å². The summed E-state index contributed by atoms with van der Waals surface area (Å²) in [6.45, 7) is 0.848. The van der Waals surface area contributed by atoms with Crippen molar-refractivity contribution in [1.82, 2.24) is 9.62 Å². The summed E-state index contributed by atoms with van der Waals surface area (Å²) >= 11 is 0. The Morgan fingerprint density at radius 2 is 1.77 bits per heavy atom. The highest BCUT2D eigenvalue weighted by atomic mass is 32.2. The average molecular weight is 435 g/mol. The van der Waals surface area contributed by atoms with Gasteiger partial charge in [-0.15, -0.1) is 0 Å². The number of carbonyl (C=O) groups is 1. The zero-order valence-corrected chi connectivity index (χ0v) is 18.0. The van der Waals surface area contributed by atoms with E-state index in [-0.39, 0.29) is 36.0 Å². The minimum Gasteiger partial charge on any atom is -0.483 e. The second-order valence-electron chi connectivity index (χ2n) is 9.05. The van der Waals surface area contributed by atoms with E-state index in [0.717, 1.165) is 44.3 Å². The smallest absolute Gasteiger partial charge is 0.260 e. The van der Waals surface area contributed by atoms with Gasteiger partial charge in [0.2, 0.25) is 10.0 Å². The summed E-state index contributed by atoms with van der Waals surface area (Å²) in [4.78, 5) is 14.8. The molecule has 1 saturated heterocycles. The molecule has 0 aromatic heterocycles. The number of amides is 1. The van der Waals surface area contributed by atoms with Gasteiger partial charge in [-0.1, -0.05) is 18.2 Å². The summed E-state index contributed by atoms with van der Waals surface area (Å²) in [7, 11) is -3.32. The van der Waals surface area contributed by atoms with Crippen molar-refractivity contribution >= 4 is 15.9 Å². The molecule has 0 radical (unpaired) electrons. The SMILES string of the molecule is O=C1COc2ccccc2C2CCC(CC2)OC[C@H]2[C@@H](NS(=O)(=O)C3CC3)CCN12. The molecule has 164 valence electrons. The van der Waals surface area contributed by atoms with Crippen LogP contribution in [0.2, 0.25) is 0 Å². The van der Waals surface area contributed by atoms with Crippen LogP contribution >= 0.6 is 0 Å². The topological polar surface area (TPSA) is 84.9 Å². The zero-order valence-electron chi connectivity index (χ0n) is 17.2. The van der Waals surface area contributed by atoms with E-state index in [1.165, 1.54) is 5.56 Å². The van der Waals surface area contributed by atoms with Gasteiger partial charge in [-0.25, -0.2) is 13.1 Å². The van der Waals surface area contributed by atoms with Gasteiger partial charge in [0, 0.05) is 12.6 Å². The maximum absolute atomic E-state index is 13.0. The molecule has 1 amide bonds. The molecule has 30 heavy (non-hydrogen) atoms. The van der Waals surface area contributed by atoms with Gasteiger partial charge < -0.3 is 14.4 Å². The van der Waals surface area contributed by atoms with Crippen LogP contribution in [0.5, 0.6) is 5.75 Å². The number of fused-ring (bicyclic) bond motifs is 5. The normalized spacial score (nSPS) is 32.4. The van der Waals surface area contributed by atoms with E-state index in [0.29, 0.717) is 25.5 Å². The molecule has 1 aromatic rings.